The van der Waals surface area contributed by atoms with Gasteiger partial charge in [-0.15, -0.1) is 0 Å². The standard InChI is InChI=1S/C25H44O4/c1-3-5-6-7-8-9-10-11-12-13-14-15-16-17-18-19-20-23(22-24(26)27)25(28)29-21-4-2/h4,19-20,23H,2-3,5-18,21-22H2,1H3,(H,26,27)/b20-19+. The lowest BCUT2D eigenvalue weighted by Gasteiger charge is -2.09. The normalized spacial score (nSPS) is 12.2. The summed E-state index contributed by atoms with van der Waals surface area (Å²) in [5.74, 6) is -2.20. The van der Waals surface area contributed by atoms with Crippen molar-refractivity contribution in [2.24, 2.45) is 5.92 Å². The van der Waals surface area contributed by atoms with Crippen LogP contribution in [-0.2, 0) is 14.3 Å². The van der Waals surface area contributed by atoms with E-state index in [4.69, 9.17) is 9.84 Å². The summed E-state index contributed by atoms with van der Waals surface area (Å²) in [6.45, 7) is 5.86. The van der Waals surface area contributed by atoms with Crippen LogP contribution in [0.2, 0.25) is 0 Å². The zero-order valence-corrected chi connectivity index (χ0v) is 18.7. The largest absolute Gasteiger partial charge is 0.481 e. The van der Waals surface area contributed by atoms with Crippen molar-refractivity contribution in [2.75, 3.05) is 6.61 Å². The molecule has 0 saturated heterocycles. The van der Waals surface area contributed by atoms with Crippen LogP contribution in [0.5, 0.6) is 0 Å². The molecule has 168 valence electrons. The number of allylic oxidation sites excluding steroid dienone is 1. The fraction of sp³-hybridized carbons (Fsp3) is 0.760. The predicted molar refractivity (Wildman–Crippen MR) is 121 cm³/mol. The number of hydrogen-bond acceptors (Lipinski definition) is 3. The predicted octanol–water partition coefficient (Wildman–Crippen LogP) is 7.23. The molecule has 0 aliphatic heterocycles. The summed E-state index contributed by atoms with van der Waals surface area (Å²) in [7, 11) is 0. The Labute approximate surface area is 178 Å². The van der Waals surface area contributed by atoms with Gasteiger partial charge >= 0.3 is 11.9 Å². The first-order valence-corrected chi connectivity index (χ1v) is 11.8. The molecule has 0 radical (unpaired) electrons. The molecule has 0 fully saturated rings. The van der Waals surface area contributed by atoms with Gasteiger partial charge in [-0.05, 0) is 12.8 Å². The second-order valence-corrected chi connectivity index (χ2v) is 7.94. The Bertz CT molecular complexity index is 442. The number of rotatable bonds is 21. The smallest absolute Gasteiger partial charge is 0.313 e. The monoisotopic (exact) mass is 408 g/mol. The Balaban J connectivity index is 3.60. The van der Waals surface area contributed by atoms with E-state index in [1.165, 1.54) is 89.5 Å². The molecule has 0 aliphatic carbocycles. The molecule has 1 atom stereocenters. The van der Waals surface area contributed by atoms with Crippen molar-refractivity contribution in [1.29, 1.82) is 0 Å². The van der Waals surface area contributed by atoms with E-state index in [2.05, 4.69) is 13.5 Å². The summed E-state index contributed by atoms with van der Waals surface area (Å²) in [6, 6.07) is 0. The lowest BCUT2D eigenvalue weighted by Crippen LogP contribution is -2.19. The van der Waals surface area contributed by atoms with Gasteiger partial charge in [0.1, 0.15) is 6.61 Å². The summed E-state index contributed by atoms with van der Waals surface area (Å²) in [5, 5.41) is 8.93. The maximum Gasteiger partial charge on any atom is 0.313 e. The van der Waals surface area contributed by atoms with Crippen LogP contribution in [0, 0.1) is 5.92 Å². The topological polar surface area (TPSA) is 63.6 Å². The first-order valence-electron chi connectivity index (χ1n) is 11.8. The van der Waals surface area contributed by atoms with Gasteiger partial charge < -0.3 is 9.84 Å². The lowest BCUT2D eigenvalue weighted by molar-refractivity contribution is -0.150. The summed E-state index contributed by atoms with van der Waals surface area (Å²) >= 11 is 0. The molecule has 0 bridgehead atoms. The molecule has 1 unspecified atom stereocenters. The fourth-order valence-corrected chi connectivity index (χ4v) is 3.38. The zero-order valence-electron chi connectivity index (χ0n) is 18.7. The first-order chi connectivity index (χ1) is 14.1. The van der Waals surface area contributed by atoms with Crippen LogP contribution in [-0.4, -0.2) is 23.7 Å². The minimum absolute atomic E-state index is 0.113. The van der Waals surface area contributed by atoms with E-state index in [0.717, 1.165) is 12.8 Å². The first kappa shape index (κ1) is 27.4. The van der Waals surface area contributed by atoms with Gasteiger partial charge in [-0.2, -0.15) is 0 Å². The zero-order chi connectivity index (χ0) is 21.6. The Hall–Kier alpha value is -1.58. The highest BCUT2D eigenvalue weighted by atomic mass is 16.5. The van der Waals surface area contributed by atoms with Crippen molar-refractivity contribution >= 4 is 11.9 Å². The molecule has 0 aromatic heterocycles. The third-order valence-electron chi connectivity index (χ3n) is 5.13. The average Bonchev–Trinajstić information content (AvgIpc) is 2.70. The molecule has 29 heavy (non-hydrogen) atoms. The van der Waals surface area contributed by atoms with E-state index in [1.807, 2.05) is 6.08 Å². The van der Waals surface area contributed by atoms with E-state index in [1.54, 1.807) is 6.08 Å². The SMILES string of the molecule is C=CCOC(=O)C(/C=C/CCCCCCCCCCCCCCCC)CC(=O)O. The van der Waals surface area contributed by atoms with Gasteiger partial charge in [0.25, 0.3) is 0 Å². The third-order valence-corrected chi connectivity index (χ3v) is 5.13. The molecular formula is C25H44O4. The second kappa shape index (κ2) is 21.1. The van der Waals surface area contributed by atoms with Crippen molar-refractivity contribution in [1.82, 2.24) is 0 Å². The van der Waals surface area contributed by atoms with Crippen molar-refractivity contribution in [3.63, 3.8) is 0 Å². The molecule has 0 saturated carbocycles. The van der Waals surface area contributed by atoms with Crippen molar-refractivity contribution in [2.45, 2.75) is 110 Å². The fourth-order valence-electron chi connectivity index (χ4n) is 3.38. The number of carboxylic acid groups (broad SMARTS) is 1. The van der Waals surface area contributed by atoms with E-state index in [9.17, 15) is 9.59 Å². The molecule has 0 aromatic rings. The number of aliphatic carboxylic acids is 1. The summed E-state index contributed by atoms with van der Waals surface area (Å²) in [6.07, 6.45) is 24.4. The quantitative estimate of drug-likeness (QED) is 0.124. The van der Waals surface area contributed by atoms with Gasteiger partial charge in [0.15, 0.2) is 0 Å². The average molecular weight is 409 g/mol. The van der Waals surface area contributed by atoms with Crippen LogP contribution in [0.15, 0.2) is 24.8 Å². The number of carboxylic acids is 1. The Morgan fingerprint density at radius 1 is 0.862 bits per heavy atom. The van der Waals surface area contributed by atoms with Crippen LogP contribution >= 0.6 is 0 Å². The highest BCUT2D eigenvalue weighted by Crippen LogP contribution is 2.14. The summed E-state index contributed by atoms with van der Waals surface area (Å²) < 4.78 is 4.96. The number of carbonyl (C=O) groups is 2. The van der Waals surface area contributed by atoms with Gasteiger partial charge in [0.05, 0.1) is 12.3 Å². The highest BCUT2D eigenvalue weighted by Gasteiger charge is 2.19. The highest BCUT2D eigenvalue weighted by molar-refractivity contribution is 5.80. The van der Waals surface area contributed by atoms with Gasteiger partial charge in [0, 0.05) is 0 Å². The van der Waals surface area contributed by atoms with Gasteiger partial charge in [-0.3, -0.25) is 9.59 Å². The van der Waals surface area contributed by atoms with E-state index >= 15 is 0 Å². The van der Waals surface area contributed by atoms with Crippen LogP contribution in [0.3, 0.4) is 0 Å². The molecule has 1 N–H and O–H groups in total. The lowest BCUT2D eigenvalue weighted by atomic mass is 10.0. The van der Waals surface area contributed by atoms with Crippen LogP contribution < -0.4 is 0 Å². The van der Waals surface area contributed by atoms with Crippen molar-refractivity contribution in [3.8, 4) is 0 Å². The third kappa shape index (κ3) is 19.5. The number of esters is 1. The molecule has 0 rings (SSSR count). The molecule has 0 spiro atoms. The van der Waals surface area contributed by atoms with Crippen LogP contribution in [0.4, 0.5) is 0 Å². The Morgan fingerprint density at radius 2 is 1.34 bits per heavy atom. The maximum absolute atomic E-state index is 11.8. The van der Waals surface area contributed by atoms with Crippen molar-refractivity contribution in [3.05, 3.63) is 24.8 Å². The van der Waals surface area contributed by atoms with Crippen LogP contribution in [0.25, 0.3) is 0 Å². The number of ether oxygens (including phenoxy) is 1. The summed E-state index contributed by atoms with van der Waals surface area (Å²) in [4.78, 5) is 22.7. The van der Waals surface area contributed by atoms with E-state index in [-0.39, 0.29) is 13.0 Å². The molecule has 0 aromatic carbocycles. The number of carbonyl (C=O) groups excluding carboxylic acids is 1. The second-order valence-electron chi connectivity index (χ2n) is 7.94. The number of unbranched alkanes of at least 4 members (excludes halogenated alkanes) is 14. The van der Waals surface area contributed by atoms with Gasteiger partial charge in [-0.25, -0.2) is 0 Å². The van der Waals surface area contributed by atoms with Crippen molar-refractivity contribution < 1.29 is 19.4 Å². The molecule has 4 heteroatoms. The molecule has 4 nitrogen and oxygen atoms in total. The van der Waals surface area contributed by atoms with Crippen LogP contribution in [0.1, 0.15) is 110 Å². The Morgan fingerprint density at radius 3 is 1.79 bits per heavy atom. The summed E-state index contributed by atoms with van der Waals surface area (Å²) in [5.41, 5.74) is 0. The molecule has 0 amide bonds. The molecule has 0 heterocycles. The Kier molecular flexibility index (Phi) is 20.0. The molecule has 0 aliphatic rings. The van der Waals surface area contributed by atoms with E-state index in [0.29, 0.717) is 0 Å². The van der Waals surface area contributed by atoms with Gasteiger partial charge in [0.2, 0.25) is 0 Å². The minimum atomic E-state index is -0.994. The van der Waals surface area contributed by atoms with Gasteiger partial charge in [-0.1, -0.05) is 115 Å². The minimum Gasteiger partial charge on any atom is -0.481 e. The number of hydrogen-bond donors (Lipinski definition) is 1. The maximum atomic E-state index is 11.8. The molecular weight excluding hydrogens is 364 g/mol. The van der Waals surface area contributed by atoms with E-state index < -0.39 is 17.9 Å².